The van der Waals surface area contributed by atoms with Crippen LogP contribution in [0.1, 0.15) is 32.6 Å². The van der Waals surface area contributed by atoms with E-state index in [9.17, 15) is 14.4 Å². The number of nitrogens with one attached hydrogen (secondary N) is 1. The fourth-order valence-electron chi connectivity index (χ4n) is 4.97. The van der Waals surface area contributed by atoms with Crippen molar-refractivity contribution in [2.75, 3.05) is 13.1 Å². The lowest BCUT2D eigenvalue weighted by molar-refractivity contribution is -0.149. The third-order valence-corrected chi connectivity index (χ3v) is 6.58. The lowest BCUT2D eigenvalue weighted by Crippen LogP contribution is -2.58. The number of piperazine rings is 1. The molecule has 3 atom stereocenters. The fraction of sp³-hybridized carbons (Fsp3) is 0.545. The molecule has 1 N–H and O–H groups in total. The molecule has 158 valence electrons. The zero-order chi connectivity index (χ0) is 20.8. The van der Waals surface area contributed by atoms with Crippen LogP contribution in [0.3, 0.4) is 0 Å². The number of benzene rings is 1. The summed E-state index contributed by atoms with van der Waals surface area (Å²) in [5, 5.41) is 8.53. The lowest BCUT2D eigenvalue weighted by Gasteiger charge is -2.39. The van der Waals surface area contributed by atoms with Gasteiger partial charge in [-0.1, -0.05) is 25.1 Å². The number of carbonyl (C=O) groups is 3. The van der Waals surface area contributed by atoms with Crippen LogP contribution in [0, 0.1) is 5.92 Å². The minimum atomic E-state index is -0.184. The summed E-state index contributed by atoms with van der Waals surface area (Å²) in [6.45, 7) is 2.69. The van der Waals surface area contributed by atoms with Crippen LogP contribution in [-0.2, 0) is 20.9 Å². The average Bonchev–Trinajstić information content (AvgIpc) is 3.31. The molecular weight excluding hydrogens is 382 g/mol. The van der Waals surface area contributed by atoms with Crippen LogP contribution in [0.15, 0.2) is 30.5 Å². The minimum absolute atomic E-state index is 0.0567. The number of amides is 3. The van der Waals surface area contributed by atoms with Crippen molar-refractivity contribution in [3.8, 4) is 0 Å². The van der Waals surface area contributed by atoms with E-state index < -0.39 is 0 Å². The van der Waals surface area contributed by atoms with E-state index in [1.165, 1.54) is 0 Å². The summed E-state index contributed by atoms with van der Waals surface area (Å²) in [6.07, 6.45) is 5.32. The Bertz CT molecular complexity index is 965. The molecule has 0 radical (unpaired) electrons. The fourth-order valence-corrected chi connectivity index (χ4v) is 4.97. The highest BCUT2D eigenvalue weighted by Crippen LogP contribution is 2.35. The van der Waals surface area contributed by atoms with Gasteiger partial charge in [0, 0.05) is 30.2 Å². The molecule has 1 aromatic heterocycles. The topological polar surface area (TPSA) is 87.5 Å². The van der Waals surface area contributed by atoms with Gasteiger partial charge in [-0.2, -0.15) is 5.10 Å². The van der Waals surface area contributed by atoms with Gasteiger partial charge >= 0.3 is 0 Å². The van der Waals surface area contributed by atoms with Gasteiger partial charge in [0.05, 0.1) is 24.0 Å². The number of carbonyl (C=O) groups excluding carboxylic acids is 3. The first-order valence-electron chi connectivity index (χ1n) is 10.8. The molecule has 2 aliphatic heterocycles. The molecule has 5 rings (SSSR count). The van der Waals surface area contributed by atoms with Gasteiger partial charge < -0.3 is 15.1 Å². The maximum Gasteiger partial charge on any atom is 0.244 e. The summed E-state index contributed by atoms with van der Waals surface area (Å²) in [5.41, 5.74) is 0.845. The van der Waals surface area contributed by atoms with Crippen molar-refractivity contribution in [3.05, 3.63) is 30.5 Å². The molecule has 1 saturated carbocycles. The maximum atomic E-state index is 12.9. The van der Waals surface area contributed by atoms with E-state index in [1.54, 1.807) is 9.58 Å². The van der Waals surface area contributed by atoms with Crippen molar-refractivity contribution in [2.24, 2.45) is 5.92 Å². The Morgan fingerprint density at radius 2 is 2.03 bits per heavy atom. The van der Waals surface area contributed by atoms with E-state index in [0.717, 1.165) is 30.2 Å². The van der Waals surface area contributed by atoms with E-state index in [-0.39, 0.29) is 48.8 Å². The number of hydrogen-bond donors (Lipinski definition) is 1. The van der Waals surface area contributed by atoms with Gasteiger partial charge in [-0.15, -0.1) is 0 Å². The van der Waals surface area contributed by atoms with Crippen LogP contribution in [-0.4, -0.2) is 68.5 Å². The first-order valence-corrected chi connectivity index (χ1v) is 10.8. The van der Waals surface area contributed by atoms with Gasteiger partial charge in [0.2, 0.25) is 17.7 Å². The predicted molar refractivity (Wildman–Crippen MR) is 110 cm³/mol. The van der Waals surface area contributed by atoms with Crippen molar-refractivity contribution < 1.29 is 14.4 Å². The van der Waals surface area contributed by atoms with Crippen LogP contribution in [0.5, 0.6) is 0 Å². The second-order valence-electron chi connectivity index (χ2n) is 8.72. The van der Waals surface area contributed by atoms with E-state index in [2.05, 4.69) is 10.4 Å². The lowest BCUT2D eigenvalue weighted by atomic mass is 9.96. The second-order valence-corrected chi connectivity index (χ2v) is 8.72. The molecule has 2 aromatic rings. The van der Waals surface area contributed by atoms with Crippen molar-refractivity contribution in [1.29, 1.82) is 0 Å². The summed E-state index contributed by atoms with van der Waals surface area (Å²) in [6, 6.07) is 7.87. The van der Waals surface area contributed by atoms with Gasteiger partial charge in [0.15, 0.2) is 0 Å². The molecule has 3 heterocycles. The number of nitrogens with zero attached hydrogens (tertiary/aromatic N) is 4. The summed E-state index contributed by atoms with van der Waals surface area (Å²) >= 11 is 0. The number of rotatable bonds is 5. The molecule has 8 nitrogen and oxygen atoms in total. The van der Waals surface area contributed by atoms with Crippen LogP contribution in [0.25, 0.3) is 10.9 Å². The Balaban J connectivity index is 1.28. The molecule has 8 heteroatoms. The van der Waals surface area contributed by atoms with Crippen molar-refractivity contribution in [1.82, 2.24) is 24.9 Å². The summed E-state index contributed by atoms with van der Waals surface area (Å²) < 4.78 is 1.64. The largest absolute Gasteiger partial charge is 0.353 e. The first-order chi connectivity index (χ1) is 14.5. The molecular formula is C22H27N5O3. The number of aromatic nitrogens is 2. The highest BCUT2D eigenvalue weighted by atomic mass is 16.2. The molecule has 0 spiro atoms. The van der Waals surface area contributed by atoms with E-state index in [1.807, 2.05) is 42.3 Å². The van der Waals surface area contributed by atoms with Gasteiger partial charge in [-0.25, -0.2) is 0 Å². The quantitative estimate of drug-likeness (QED) is 0.803. The van der Waals surface area contributed by atoms with Gasteiger partial charge in [0.1, 0.15) is 6.54 Å². The molecule has 0 bridgehead atoms. The molecule has 30 heavy (non-hydrogen) atoms. The Morgan fingerprint density at radius 3 is 2.77 bits per heavy atom. The molecule has 0 unspecified atom stereocenters. The third-order valence-electron chi connectivity index (χ3n) is 6.58. The van der Waals surface area contributed by atoms with Crippen molar-refractivity contribution in [3.63, 3.8) is 0 Å². The van der Waals surface area contributed by atoms with Crippen LogP contribution in [0.4, 0.5) is 0 Å². The number of hydrogen-bond acceptors (Lipinski definition) is 4. The Hall–Kier alpha value is -2.90. The molecule has 3 aliphatic rings. The van der Waals surface area contributed by atoms with Crippen molar-refractivity contribution >= 4 is 28.6 Å². The maximum absolute atomic E-state index is 12.9. The third kappa shape index (κ3) is 3.44. The molecule has 1 aromatic carbocycles. The summed E-state index contributed by atoms with van der Waals surface area (Å²) in [4.78, 5) is 42.1. The highest BCUT2D eigenvalue weighted by molar-refractivity contribution is 5.89. The summed E-state index contributed by atoms with van der Waals surface area (Å²) in [5.74, 6) is -0.294. The molecule has 1 aliphatic carbocycles. The van der Waals surface area contributed by atoms with Gasteiger partial charge in [-0.3, -0.25) is 19.1 Å². The Kier molecular flexibility index (Phi) is 4.72. The second kappa shape index (κ2) is 7.41. The minimum Gasteiger partial charge on any atom is -0.353 e. The van der Waals surface area contributed by atoms with E-state index in [4.69, 9.17) is 0 Å². The Labute approximate surface area is 175 Å². The zero-order valence-corrected chi connectivity index (χ0v) is 17.2. The smallest absolute Gasteiger partial charge is 0.244 e. The molecule has 3 amide bonds. The van der Waals surface area contributed by atoms with E-state index in [0.29, 0.717) is 19.0 Å². The molecule has 2 saturated heterocycles. The number of fused-ring (bicyclic) bond motifs is 2. The van der Waals surface area contributed by atoms with Gasteiger partial charge in [0.25, 0.3) is 0 Å². The van der Waals surface area contributed by atoms with Crippen LogP contribution >= 0.6 is 0 Å². The normalized spacial score (nSPS) is 26.2. The molecule has 3 fully saturated rings. The monoisotopic (exact) mass is 409 g/mol. The van der Waals surface area contributed by atoms with Crippen LogP contribution in [0.2, 0.25) is 0 Å². The first kappa shape index (κ1) is 19.1. The summed E-state index contributed by atoms with van der Waals surface area (Å²) in [7, 11) is 0. The van der Waals surface area contributed by atoms with Gasteiger partial charge in [-0.05, 0) is 31.7 Å². The average molecular weight is 409 g/mol. The van der Waals surface area contributed by atoms with E-state index >= 15 is 0 Å². The van der Waals surface area contributed by atoms with Crippen LogP contribution < -0.4 is 5.32 Å². The SMILES string of the molecule is CC[C@H]1[C@@H](C(=O)NC2CC2)C[C@H]2CN(C(=O)Cn3cc4ccccc4n3)CC(=O)N21. The predicted octanol–water partition coefficient (Wildman–Crippen LogP) is 1.15. The highest BCUT2D eigenvalue weighted by Gasteiger charge is 2.49. The zero-order valence-electron chi connectivity index (χ0n) is 17.2. The standard InChI is InChI=1S/C22H27N5O3/c1-2-19-17(22(30)23-15-7-8-15)9-16-11-25(12-21(29)27(16)19)20(28)13-26-10-14-5-3-4-6-18(14)24-26/h3-6,10,15-17,19H,2,7-9,11-13H2,1H3,(H,23,30)/t16-,17-,19-/m0/s1. The Morgan fingerprint density at radius 1 is 1.23 bits per heavy atom. The van der Waals surface area contributed by atoms with Crippen molar-refractivity contribution in [2.45, 2.75) is 57.3 Å².